The summed E-state index contributed by atoms with van der Waals surface area (Å²) in [6, 6.07) is 0. The van der Waals surface area contributed by atoms with Gasteiger partial charge in [0.2, 0.25) is 3.79 Å². The molecule has 1 aromatic heterocycles. The summed E-state index contributed by atoms with van der Waals surface area (Å²) < 4.78 is -1.37. The van der Waals surface area contributed by atoms with Crippen LogP contribution in [0, 0.1) is 6.92 Å². The van der Waals surface area contributed by atoms with Gasteiger partial charge >= 0.3 is 0 Å². The summed E-state index contributed by atoms with van der Waals surface area (Å²) in [6.45, 7) is 1.64. The Morgan fingerprint density at radius 1 is 1.46 bits per heavy atom. The third kappa shape index (κ3) is 2.59. The summed E-state index contributed by atoms with van der Waals surface area (Å²) in [7, 11) is 0. The van der Waals surface area contributed by atoms with E-state index < -0.39 is 3.79 Å². The molecule has 0 saturated carbocycles. The molecule has 1 heterocycles. The molecule has 1 N–H and O–H groups in total. The normalized spacial score (nSPS) is 11.8. The lowest BCUT2D eigenvalue weighted by atomic mass is 10.4. The average molecular weight is 306 g/mol. The SMILES string of the molecule is Cc1nc(C(Cl)(Cl)Cl)[nH]c(=O)c1Br. The average Bonchev–Trinajstić information content (AvgIpc) is 1.97. The van der Waals surface area contributed by atoms with Crippen LogP contribution in [-0.2, 0) is 3.79 Å². The lowest BCUT2D eigenvalue weighted by Gasteiger charge is -2.10. The van der Waals surface area contributed by atoms with Crippen LogP contribution in [0.25, 0.3) is 0 Å². The molecule has 0 radical (unpaired) electrons. The van der Waals surface area contributed by atoms with E-state index in [0.29, 0.717) is 10.2 Å². The Kier molecular flexibility index (Phi) is 3.28. The van der Waals surface area contributed by atoms with Gasteiger partial charge in [-0.25, -0.2) is 4.98 Å². The molecule has 0 saturated heterocycles. The number of rotatable bonds is 0. The number of nitrogens with one attached hydrogen (secondary N) is 1. The molecular formula is C6H4BrCl3N2O. The van der Waals surface area contributed by atoms with Crippen LogP contribution in [0.4, 0.5) is 0 Å². The Bertz CT molecular complexity index is 384. The number of alkyl halides is 3. The van der Waals surface area contributed by atoms with Gasteiger partial charge < -0.3 is 4.98 Å². The molecule has 0 unspecified atom stereocenters. The Hall–Kier alpha value is 0.230. The predicted octanol–water partition coefficient (Wildman–Crippen LogP) is 2.67. The molecule has 0 spiro atoms. The highest BCUT2D eigenvalue weighted by molar-refractivity contribution is 9.10. The number of aromatic nitrogens is 2. The van der Waals surface area contributed by atoms with E-state index in [1.54, 1.807) is 6.92 Å². The molecule has 0 aromatic carbocycles. The molecule has 0 atom stereocenters. The summed E-state index contributed by atoms with van der Waals surface area (Å²) in [5.74, 6) is 0.0169. The first kappa shape index (κ1) is 11.3. The second-order valence-corrected chi connectivity index (χ2v) is 5.39. The number of nitrogens with zero attached hydrogens (tertiary/aromatic N) is 1. The van der Waals surface area contributed by atoms with Gasteiger partial charge in [0, 0.05) is 0 Å². The van der Waals surface area contributed by atoms with Crippen molar-refractivity contribution in [2.24, 2.45) is 0 Å². The molecule has 0 bridgehead atoms. The number of hydrogen-bond donors (Lipinski definition) is 1. The second kappa shape index (κ2) is 3.77. The molecule has 0 aliphatic carbocycles. The highest BCUT2D eigenvalue weighted by atomic mass is 79.9. The van der Waals surface area contributed by atoms with E-state index in [1.165, 1.54) is 0 Å². The molecule has 0 fully saturated rings. The van der Waals surface area contributed by atoms with Crippen molar-refractivity contribution in [3.8, 4) is 0 Å². The number of aryl methyl sites for hydroxylation is 1. The summed E-state index contributed by atoms with van der Waals surface area (Å²) in [6.07, 6.45) is 0. The lowest BCUT2D eigenvalue weighted by Crippen LogP contribution is -2.18. The van der Waals surface area contributed by atoms with Crippen LogP contribution >= 0.6 is 50.7 Å². The Labute approximate surface area is 97.5 Å². The fourth-order valence-electron chi connectivity index (χ4n) is 0.706. The van der Waals surface area contributed by atoms with Crippen molar-refractivity contribution in [3.63, 3.8) is 0 Å². The van der Waals surface area contributed by atoms with E-state index in [9.17, 15) is 4.79 Å². The van der Waals surface area contributed by atoms with Crippen LogP contribution in [-0.4, -0.2) is 9.97 Å². The summed E-state index contributed by atoms with van der Waals surface area (Å²) in [5, 5.41) is 0. The summed E-state index contributed by atoms with van der Waals surface area (Å²) in [4.78, 5) is 17.4. The van der Waals surface area contributed by atoms with Crippen molar-refractivity contribution in [2.45, 2.75) is 10.7 Å². The molecule has 0 aliphatic rings. The summed E-state index contributed by atoms with van der Waals surface area (Å²) in [5.41, 5.74) is 0.110. The maximum absolute atomic E-state index is 11.2. The zero-order chi connectivity index (χ0) is 10.2. The van der Waals surface area contributed by atoms with E-state index in [4.69, 9.17) is 34.8 Å². The van der Waals surface area contributed by atoms with Gasteiger partial charge in [0.25, 0.3) is 5.56 Å². The van der Waals surface area contributed by atoms with Crippen molar-refractivity contribution in [2.75, 3.05) is 0 Å². The highest BCUT2D eigenvalue weighted by Crippen LogP contribution is 2.35. The van der Waals surface area contributed by atoms with Gasteiger partial charge in [0.15, 0.2) is 5.82 Å². The van der Waals surface area contributed by atoms with Crippen LogP contribution in [0.15, 0.2) is 9.27 Å². The number of halogens is 4. The zero-order valence-electron chi connectivity index (χ0n) is 6.37. The van der Waals surface area contributed by atoms with Gasteiger partial charge in [0.05, 0.1) is 5.69 Å². The van der Waals surface area contributed by atoms with Gasteiger partial charge in [-0.3, -0.25) is 4.79 Å². The van der Waals surface area contributed by atoms with Gasteiger partial charge in [0.1, 0.15) is 4.47 Å². The van der Waals surface area contributed by atoms with E-state index in [0.717, 1.165) is 0 Å². The first-order valence-corrected chi connectivity index (χ1v) is 5.08. The van der Waals surface area contributed by atoms with Crippen molar-refractivity contribution >= 4 is 50.7 Å². The van der Waals surface area contributed by atoms with Crippen LogP contribution in [0.2, 0.25) is 0 Å². The van der Waals surface area contributed by atoms with Crippen molar-refractivity contribution in [1.29, 1.82) is 0 Å². The van der Waals surface area contributed by atoms with Crippen LogP contribution < -0.4 is 5.56 Å². The third-order valence-electron chi connectivity index (χ3n) is 1.30. The van der Waals surface area contributed by atoms with E-state index in [-0.39, 0.29) is 11.4 Å². The van der Waals surface area contributed by atoms with Gasteiger partial charge in [-0.05, 0) is 22.9 Å². The van der Waals surface area contributed by atoms with Gasteiger partial charge in [-0.15, -0.1) is 0 Å². The second-order valence-electron chi connectivity index (χ2n) is 2.31. The predicted molar refractivity (Wildman–Crippen MR) is 56.5 cm³/mol. The number of aromatic amines is 1. The van der Waals surface area contributed by atoms with E-state index in [1.807, 2.05) is 0 Å². The van der Waals surface area contributed by atoms with Gasteiger partial charge in [-0.1, -0.05) is 34.8 Å². The van der Waals surface area contributed by atoms with Crippen molar-refractivity contribution in [3.05, 3.63) is 26.3 Å². The van der Waals surface area contributed by atoms with Crippen LogP contribution in [0.3, 0.4) is 0 Å². The van der Waals surface area contributed by atoms with Crippen molar-refractivity contribution in [1.82, 2.24) is 9.97 Å². The minimum absolute atomic E-state index is 0.0169. The largest absolute Gasteiger partial charge is 0.306 e. The Morgan fingerprint density at radius 2 is 2.00 bits per heavy atom. The quantitative estimate of drug-likeness (QED) is 0.749. The summed E-state index contributed by atoms with van der Waals surface area (Å²) >= 11 is 19.7. The monoisotopic (exact) mass is 304 g/mol. The van der Waals surface area contributed by atoms with Crippen molar-refractivity contribution < 1.29 is 0 Å². The lowest BCUT2D eigenvalue weighted by molar-refractivity contribution is 0.909. The fraction of sp³-hybridized carbons (Fsp3) is 0.333. The molecule has 0 amide bonds. The molecule has 7 heteroatoms. The Balaban J connectivity index is 3.38. The maximum Gasteiger partial charge on any atom is 0.265 e. The smallest absolute Gasteiger partial charge is 0.265 e. The first-order chi connectivity index (χ1) is 5.82. The maximum atomic E-state index is 11.2. The number of hydrogen-bond acceptors (Lipinski definition) is 2. The standard InChI is InChI=1S/C6H4BrCl3N2O/c1-2-3(7)4(13)12-5(11-2)6(8,9)10/h1H3,(H,11,12,13). The van der Waals surface area contributed by atoms with Crippen LogP contribution in [0.5, 0.6) is 0 Å². The molecule has 72 valence electrons. The molecule has 13 heavy (non-hydrogen) atoms. The molecule has 1 rings (SSSR count). The topological polar surface area (TPSA) is 45.8 Å². The molecular weight excluding hydrogens is 302 g/mol. The fourth-order valence-corrected chi connectivity index (χ4v) is 1.16. The van der Waals surface area contributed by atoms with E-state index >= 15 is 0 Å². The van der Waals surface area contributed by atoms with E-state index in [2.05, 4.69) is 25.9 Å². The van der Waals surface area contributed by atoms with Crippen LogP contribution in [0.1, 0.15) is 11.5 Å². The first-order valence-electron chi connectivity index (χ1n) is 3.16. The molecule has 1 aromatic rings. The molecule has 3 nitrogen and oxygen atoms in total. The third-order valence-corrected chi connectivity index (χ3v) is 2.77. The number of H-pyrrole nitrogens is 1. The minimum Gasteiger partial charge on any atom is -0.306 e. The Morgan fingerprint density at radius 3 is 2.38 bits per heavy atom. The van der Waals surface area contributed by atoms with Gasteiger partial charge in [-0.2, -0.15) is 0 Å². The zero-order valence-corrected chi connectivity index (χ0v) is 10.2. The molecule has 0 aliphatic heterocycles. The minimum atomic E-state index is -1.70. The highest BCUT2D eigenvalue weighted by Gasteiger charge is 2.26.